The smallest absolute Gasteiger partial charge is 0.00462 e. The van der Waals surface area contributed by atoms with Crippen molar-refractivity contribution in [3.63, 3.8) is 0 Å². The molecule has 1 rings (SSSR count). The zero-order chi connectivity index (χ0) is 9.90. The molecule has 0 aliphatic carbocycles. The van der Waals surface area contributed by atoms with Crippen molar-refractivity contribution in [1.82, 2.24) is 5.32 Å². The highest BCUT2D eigenvalue weighted by molar-refractivity contribution is 4.82. The van der Waals surface area contributed by atoms with E-state index in [0.717, 1.165) is 11.8 Å². The molecule has 1 aliphatic rings. The number of rotatable bonds is 2. The molecule has 1 aliphatic heterocycles. The van der Waals surface area contributed by atoms with Gasteiger partial charge in [-0.25, -0.2) is 0 Å². The van der Waals surface area contributed by atoms with Crippen LogP contribution in [0.2, 0.25) is 0 Å². The van der Waals surface area contributed by atoms with E-state index in [1.807, 2.05) is 0 Å². The normalized spacial score (nSPS) is 23.1. The fourth-order valence-electron chi connectivity index (χ4n) is 2.90. The van der Waals surface area contributed by atoms with E-state index in [2.05, 4.69) is 33.0 Å². The predicted octanol–water partition coefficient (Wildman–Crippen LogP) is 3.06. The van der Waals surface area contributed by atoms with Crippen LogP contribution < -0.4 is 5.32 Å². The van der Waals surface area contributed by atoms with Crippen LogP contribution >= 0.6 is 0 Å². The standard InChI is InChI=1S/C12H25N/c1-5-11(12(2,3)4)10-6-8-13-9-7-10/h10-11,13H,5-9H2,1-4H3. The molecule has 0 aromatic heterocycles. The summed E-state index contributed by atoms with van der Waals surface area (Å²) in [6.07, 6.45) is 4.11. The lowest BCUT2D eigenvalue weighted by Crippen LogP contribution is -2.36. The van der Waals surface area contributed by atoms with Gasteiger partial charge in [0, 0.05) is 0 Å². The lowest BCUT2D eigenvalue weighted by Gasteiger charge is -2.38. The fourth-order valence-corrected chi connectivity index (χ4v) is 2.90. The van der Waals surface area contributed by atoms with Gasteiger partial charge in [-0.1, -0.05) is 34.1 Å². The minimum absolute atomic E-state index is 0.497. The first kappa shape index (κ1) is 11.0. The van der Waals surface area contributed by atoms with Crippen LogP contribution in [-0.4, -0.2) is 13.1 Å². The quantitative estimate of drug-likeness (QED) is 0.694. The first-order chi connectivity index (χ1) is 6.05. The molecule has 78 valence electrons. The molecule has 0 amide bonds. The zero-order valence-electron chi connectivity index (χ0n) is 9.69. The summed E-state index contributed by atoms with van der Waals surface area (Å²) in [6, 6.07) is 0. The Bertz CT molecular complexity index is 140. The van der Waals surface area contributed by atoms with Gasteiger partial charge in [-0.3, -0.25) is 0 Å². The van der Waals surface area contributed by atoms with Crippen LogP contribution in [0.25, 0.3) is 0 Å². The summed E-state index contributed by atoms with van der Waals surface area (Å²) >= 11 is 0. The van der Waals surface area contributed by atoms with Crippen LogP contribution in [0.3, 0.4) is 0 Å². The van der Waals surface area contributed by atoms with Crippen molar-refractivity contribution in [2.75, 3.05) is 13.1 Å². The second kappa shape index (κ2) is 4.45. The minimum atomic E-state index is 0.497. The Morgan fingerprint density at radius 2 is 1.77 bits per heavy atom. The van der Waals surface area contributed by atoms with Crippen LogP contribution in [0.1, 0.15) is 47.0 Å². The summed E-state index contributed by atoms with van der Waals surface area (Å²) in [5.74, 6) is 1.88. The average Bonchev–Trinajstić information content (AvgIpc) is 2.05. The van der Waals surface area contributed by atoms with Crippen molar-refractivity contribution in [2.45, 2.75) is 47.0 Å². The highest BCUT2D eigenvalue weighted by atomic mass is 14.9. The largest absolute Gasteiger partial charge is 0.317 e. The maximum absolute atomic E-state index is 3.45. The molecule has 1 N–H and O–H groups in total. The van der Waals surface area contributed by atoms with Crippen molar-refractivity contribution in [3.8, 4) is 0 Å². The molecular formula is C12H25N. The number of hydrogen-bond acceptors (Lipinski definition) is 1. The van der Waals surface area contributed by atoms with Gasteiger partial charge in [-0.2, -0.15) is 0 Å². The molecule has 0 bridgehead atoms. The molecule has 1 nitrogen and oxygen atoms in total. The highest BCUT2D eigenvalue weighted by Gasteiger charge is 2.31. The zero-order valence-corrected chi connectivity index (χ0v) is 9.69. The van der Waals surface area contributed by atoms with Gasteiger partial charge >= 0.3 is 0 Å². The first-order valence-corrected chi connectivity index (χ1v) is 5.76. The molecule has 1 atom stereocenters. The van der Waals surface area contributed by atoms with E-state index in [1.165, 1.54) is 32.4 Å². The van der Waals surface area contributed by atoms with E-state index in [0.29, 0.717) is 5.41 Å². The van der Waals surface area contributed by atoms with Crippen LogP contribution in [0.4, 0.5) is 0 Å². The molecule has 1 heterocycles. The van der Waals surface area contributed by atoms with Crippen LogP contribution in [-0.2, 0) is 0 Å². The molecule has 0 saturated carbocycles. The van der Waals surface area contributed by atoms with Gasteiger partial charge in [0.15, 0.2) is 0 Å². The Balaban J connectivity index is 2.54. The van der Waals surface area contributed by atoms with Crippen molar-refractivity contribution >= 4 is 0 Å². The Labute approximate surface area is 83.3 Å². The summed E-state index contributed by atoms with van der Waals surface area (Å²) in [5.41, 5.74) is 0.497. The second-order valence-electron chi connectivity index (χ2n) is 5.47. The maximum atomic E-state index is 3.45. The number of nitrogens with one attached hydrogen (secondary N) is 1. The van der Waals surface area contributed by atoms with Gasteiger partial charge < -0.3 is 5.32 Å². The average molecular weight is 183 g/mol. The molecule has 0 spiro atoms. The second-order valence-corrected chi connectivity index (χ2v) is 5.47. The van der Waals surface area contributed by atoms with E-state index in [1.54, 1.807) is 0 Å². The monoisotopic (exact) mass is 183 g/mol. The van der Waals surface area contributed by atoms with Gasteiger partial charge in [-0.15, -0.1) is 0 Å². The summed E-state index contributed by atoms with van der Waals surface area (Å²) in [6.45, 7) is 12.0. The van der Waals surface area contributed by atoms with E-state index in [4.69, 9.17) is 0 Å². The maximum Gasteiger partial charge on any atom is -0.00462 e. The van der Waals surface area contributed by atoms with E-state index in [9.17, 15) is 0 Å². The third-order valence-corrected chi connectivity index (χ3v) is 3.51. The van der Waals surface area contributed by atoms with E-state index < -0.39 is 0 Å². The van der Waals surface area contributed by atoms with Crippen molar-refractivity contribution in [3.05, 3.63) is 0 Å². The minimum Gasteiger partial charge on any atom is -0.317 e. The number of hydrogen-bond donors (Lipinski definition) is 1. The first-order valence-electron chi connectivity index (χ1n) is 5.76. The van der Waals surface area contributed by atoms with Gasteiger partial charge in [0.2, 0.25) is 0 Å². The van der Waals surface area contributed by atoms with Crippen molar-refractivity contribution in [1.29, 1.82) is 0 Å². The molecule has 0 aromatic carbocycles. The Hall–Kier alpha value is -0.0400. The predicted molar refractivity (Wildman–Crippen MR) is 58.8 cm³/mol. The Morgan fingerprint density at radius 3 is 2.15 bits per heavy atom. The summed E-state index contributed by atoms with van der Waals surface area (Å²) in [7, 11) is 0. The third-order valence-electron chi connectivity index (χ3n) is 3.51. The molecule has 1 heteroatoms. The lowest BCUT2D eigenvalue weighted by molar-refractivity contribution is 0.125. The molecule has 0 radical (unpaired) electrons. The molecule has 0 aromatic rings. The van der Waals surface area contributed by atoms with Crippen molar-refractivity contribution in [2.24, 2.45) is 17.3 Å². The van der Waals surface area contributed by atoms with Gasteiger partial charge in [0.05, 0.1) is 0 Å². The Morgan fingerprint density at radius 1 is 1.23 bits per heavy atom. The van der Waals surface area contributed by atoms with Gasteiger partial charge in [-0.05, 0) is 43.2 Å². The molecular weight excluding hydrogens is 158 g/mol. The van der Waals surface area contributed by atoms with Crippen LogP contribution in [0.15, 0.2) is 0 Å². The molecule has 13 heavy (non-hydrogen) atoms. The van der Waals surface area contributed by atoms with E-state index in [-0.39, 0.29) is 0 Å². The van der Waals surface area contributed by atoms with Crippen LogP contribution in [0.5, 0.6) is 0 Å². The molecule has 1 unspecified atom stereocenters. The van der Waals surface area contributed by atoms with Crippen molar-refractivity contribution < 1.29 is 0 Å². The highest BCUT2D eigenvalue weighted by Crippen LogP contribution is 2.38. The Kier molecular flexibility index (Phi) is 3.78. The topological polar surface area (TPSA) is 12.0 Å². The van der Waals surface area contributed by atoms with E-state index >= 15 is 0 Å². The third kappa shape index (κ3) is 2.98. The van der Waals surface area contributed by atoms with Crippen LogP contribution in [0, 0.1) is 17.3 Å². The summed E-state index contributed by atoms with van der Waals surface area (Å²) in [5, 5.41) is 3.45. The molecule has 1 saturated heterocycles. The SMILES string of the molecule is CCC(C1CCNCC1)C(C)(C)C. The fraction of sp³-hybridized carbons (Fsp3) is 1.00. The number of piperidine rings is 1. The summed E-state index contributed by atoms with van der Waals surface area (Å²) in [4.78, 5) is 0. The molecule has 1 fully saturated rings. The van der Waals surface area contributed by atoms with Gasteiger partial charge in [0.1, 0.15) is 0 Å². The van der Waals surface area contributed by atoms with Gasteiger partial charge in [0.25, 0.3) is 0 Å². The summed E-state index contributed by atoms with van der Waals surface area (Å²) < 4.78 is 0. The lowest BCUT2D eigenvalue weighted by atomic mass is 9.69.